The van der Waals surface area contributed by atoms with E-state index in [0.717, 1.165) is 10.3 Å². The molecule has 2 aliphatic heterocycles. The van der Waals surface area contributed by atoms with Crippen LogP contribution in [0.4, 0.5) is 13.6 Å². The van der Waals surface area contributed by atoms with Crippen LogP contribution < -0.4 is 5.32 Å². The Morgan fingerprint density at radius 1 is 1.29 bits per heavy atom. The average molecular weight is 580 g/mol. The van der Waals surface area contributed by atoms with Crippen molar-refractivity contribution >= 4 is 29.9 Å². The van der Waals surface area contributed by atoms with Crippen molar-refractivity contribution in [2.75, 3.05) is 19.7 Å². The molecule has 2 aliphatic rings. The number of nitrogens with zero attached hydrogens (tertiary/aromatic N) is 3. The Balaban J connectivity index is 1.47. The number of nitrogens with one attached hydrogen (secondary N) is 1. The summed E-state index contributed by atoms with van der Waals surface area (Å²) < 4.78 is 38.6. The van der Waals surface area contributed by atoms with Crippen LogP contribution in [-0.2, 0) is 9.53 Å². The zero-order chi connectivity index (χ0) is 30.5. The lowest BCUT2D eigenvalue weighted by atomic mass is 9.80. The number of nitriles is 1. The summed E-state index contributed by atoms with van der Waals surface area (Å²) >= 11 is 0. The summed E-state index contributed by atoms with van der Waals surface area (Å²) in [5, 5.41) is 33.0. The molecule has 1 unspecified atom stereocenters. The molecule has 0 bridgehead atoms. The van der Waals surface area contributed by atoms with Crippen molar-refractivity contribution in [1.82, 2.24) is 15.1 Å². The summed E-state index contributed by atoms with van der Waals surface area (Å²) in [6, 6.07) is 8.11. The predicted octanol–water partition coefficient (Wildman–Crippen LogP) is 4.04. The summed E-state index contributed by atoms with van der Waals surface area (Å²) in [5.74, 6) is -3.25. The third-order valence-electron chi connectivity index (χ3n) is 7.05. The van der Waals surface area contributed by atoms with Crippen molar-refractivity contribution in [1.29, 1.82) is 5.26 Å². The molecular weight excluding hydrogens is 549 g/mol. The van der Waals surface area contributed by atoms with Gasteiger partial charge in [-0.15, -0.1) is 0 Å². The van der Waals surface area contributed by atoms with Crippen LogP contribution in [0.2, 0.25) is 6.32 Å². The normalized spacial score (nSPS) is 17.9. The summed E-state index contributed by atoms with van der Waals surface area (Å²) in [6.45, 7) is 2.57. The van der Waals surface area contributed by atoms with E-state index in [1.165, 1.54) is 29.5 Å². The van der Waals surface area contributed by atoms with Gasteiger partial charge in [-0.25, -0.2) is 13.6 Å². The maximum absolute atomic E-state index is 13.8. The van der Waals surface area contributed by atoms with Gasteiger partial charge in [0.25, 0.3) is 11.8 Å². The molecule has 220 valence electrons. The molecule has 3 heterocycles. The van der Waals surface area contributed by atoms with Crippen LogP contribution in [0.15, 0.2) is 82.8 Å². The molecule has 0 saturated carbocycles. The van der Waals surface area contributed by atoms with Gasteiger partial charge in [0.2, 0.25) is 0 Å². The van der Waals surface area contributed by atoms with E-state index in [2.05, 4.69) is 5.32 Å². The van der Waals surface area contributed by atoms with Crippen molar-refractivity contribution < 1.29 is 37.6 Å². The molecule has 0 radical (unpaired) electrons. The Hall–Kier alpha value is -4.25. The molecule has 13 heteroatoms. The largest absolute Gasteiger partial charge is 0.466 e. The van der Waals surface area contributed by atoms with E-state index in [4.69, 9.17) is 9.15 Å². The maximum atomic E-state index is 13.8. The van der Waals surface area contributed by atoms with Gasteiger partial charge < -0.3 is 24.5 Å². The number of furan rings is 1. The molecule has 3 N–H and O–H groups in total. The zero-order valence-corrected chi connectivity index (χ0v) is 23.2. The van der Waals surface area contributed by atoms with Gasteiger partial charge in [-0.05, 0) is 32.1 Å². The fraction of sp³-hybridized carbons (Fsp3) is 0.345. The van der Waals surface area contributed by atoms with Crippen molar-refractivity contribution in [3.63, 3.8) is 0 Å². The molecular formula is C29H31BF2N4O6. The highest BCUT2D eigenvalue weighted by Crippen LogP contribution is 2.33. The first-order valence-electron chi connectivity index (χ1n) is 13.3. The minimum atomic E-state index is -2.84. The highest BCUT2D eigenvalue weighted by atomic mass is 19.3. The van der Waals surface area contributed by atoms with Crippen molar-refractivity contribution in [3.05, 3.63) is 84.1 Å². The van der Waals surface area contributed by atoms with Gasteiger partial charge in [0.1, 0.15) is 24.0 Å². The SMILES string of the molecule is CC(C)(C=C(C#N)C(=O)N1C=CC=CC=C1COC(=O)NC(CB(O)O)c1occ2ccccc12)N1CCC(F)(F)C1. The second kappa shape index (κ2) is 12.7. The lowest BCUT2D eigenvalue weighted by Crippen LogP contribution is -2.43. The Kier molecular flexibility index (Phi) is 9.31. The number of hydrogen-bond acceptors (Lipinski definition) is 8. The third kappa shape index (κ3) is 7.33. The Morgan fingerprint density at radius 3 is 2.74 bits per heavy atom. The first-order chi connectivity index (χ1) is 19.9. The molecule has 4 rings (SSSR count). The third-order valence-corrected chi connectivity index (χ3v) is 7.05. The number of allylic oxidation sites excluding steroid dienone is 4. The number of alkyl carbamates (subject to hydrolysis) is 1. The maximum Gasteiger partial charge on any atom is 0.454 e. The Bertz CT molecular complexity index is 1490. The van der Waals surface area contributed by atoms with Crippen LogP contribution in [0, 0.1) is 11.3 Å². The fourth-order valence-electron chi connectivity index (χ4n) is 4.85. The second-order valence-electron chi connectivity index (χ2n) is 10.6. The molecule has 1 fully saturated rings. The number of benzene rings is 1. The van der Waals surface area contributed by atoms with Crippen LogP contribution in [0.5, 0.6) is 0 Å². The second-order valence-corrected chi connectivity index (χ2v) is 10.6. The molecule has 2 amide bonds. The van der Waals surface area contributed by atoms with Gasteiger partial charge in [0, 0.05) is 41.8 Å². The molecule has 0 aliphatic carbocycles. The average Bonchev–Trinajstić information content (AvgIpc) is 3.45. The van der Waals surface area contributed by atoms with Gasteiger partial charge in [-0.3, -0.25) is 14.6 Å². The highest BCUT2D eigenvalue weighted by Gasteiger charge is 2.43. The van der Waals surface area contributed by atoms with Crippen molar-refractivity contribution in [2.24, 2.45) is 0 Å². The van der Waals surface area contributed by atoms with E-state index < -0.39 is 43.2 Å². The van der Waals surface area contributed by atoms with Crippen LogP contribution in [-0.4, -0.2) is 70.1 Å². The highest BCUT2D eigenvalue weighted by molar-refractivity contribution is 6.41. The Labute approximate surface area is 242 Å². The molecule has 1 saturated heterocycles. The zero-order valence-electron chi connectivity index (χ0n) is 23.2. The van der Waals surface area contributed by atoms with E-state index in [1.54, 1.807) is 44.2 Å². The molecule has 10 nitrogen and oxygen atoms in total. The first-order valence-corrected chi connectivity index (χ1v) is 13.3. The number of carbonyl (C=O) groups excluding carboxylic acids is 2. The fourth-order valence-corrected chi connectivity index (χ4v) is 4.85. The van der Waals surface area contributed by atoms with Gasteiger partial charge in [0.05, 0.1) is 24.5 Å². The first kappa shape index (κ1) is 30.7. The van der Waals surface area contributed by atoms with Crippen LogP contribution in [0.25, 0.3) is 10.8 Å². The summed E-state index contributed by atoms with van der Waals surface area (Å²) in [4.78, 5) is 28.9. The van der Waals surface area contributed by atoms with Gasteiger partial charge >= 0.3 is 13.2 Å². The monoisotopic (exact) mass is 580 g/mol. The molecule has 0 spiro atoms. The van der Waals surface area contributed by atoms with Crippen molar-refractivity contribution in [3.8, 4) is 6.07 Å². The van der Waals surface area contributed by atoms with Gasteiger partial charge in [-0.1, -0.05) is 36.4 Å². The van der Waals surface area contributed by atoms with E-state index in [0.29, 0.717) is 11.1 Å². The molecule has 1 aromatic heterocycles. The predicted molar refractivity (Wildman–Crippen MR) is 151 cm³/mol. The number of amides is 2. The number of rotatable bonds is 9. The van der Waals surface area contributed by atoms with Gasteiger partial charge in [-0.2, -0.15) is 5.26 Å². The lowest BCUT2D eigenvalue weighted by molar-refractivity contribution is -0.123. The number of carbonyl (C=O) groups is 2. The standard InChI is InChI=1S/C29H31BF2N4O6/c1-28(2,35-13-11-29(31,32)19-35)14-21(16-33)26(37)36-12-7-3-4-9-22(36)18-42-27(38)34-24(15-30(39)40)25-23-10-6-5-8-20(23)17-41-25/h3-10,12,14,17,24,39-40H,11,13,15,18-19H2,1-2H3,(H,34,38). The molecule has 2 aromatic rings. The number of hydrogen-bond donors (Lipinski definition) is 3. The molecule has 1 aromatic carbocycles. The van der Waals surface area contributed by atoms with E-state index in [9.17, 15) is 33.7 Å². The number of alkyl halides is 2. The minimum absolute atomic E-state index is 0.118. The minimum Gasteiger partial charge on any atom is -0.466 e. The number of likely N-dealkylation sites (tertiary alicyclic amines) is 1. The summed E-state index contributed by atoms with van der Waals surface area (Å²) in [5.41, 5.74) is -1.05. The van der Waals surface area contributed by atoms with E-state index in [-0.39, 0.29) is 37.2 Å². The topological polar surface area (TPSA) is 139 Å². The lowest BCUT2D eigenvalue weighted by Gasteiger charge is -2.33. The van der Waals surface area contributed by atoms with Crippen LogP contribution >= 0.6 is 0 Å². The van der Waals surface area contributed by atoms with Crippen molar-refractivity contribution in [2.45, 2.75) is 44.1 Å². The van der Waals surface area contributed by atoms with Crippen LogP contribution in [0.3, 0.4) is 0 Å². The quantitative estimate of drug-likeness (QED) is 0.230. The molecule has 1 atom stereocenters. The number of fused-ring (bicyclic) bond motifs is 1. The summed E-state index contributed by atoms with van der Waals surface area (Å²) in [7, 11) is -1.75. The van der Waals surface area contributed by atoms with Crippen LogP contribution in [0.1, 0.15) is 32.1 Å². The van der Waals surface area contributed by atoms with E-state index >= 15 is 0 Å². The van der Waals surface area contributed by atoms with Gasteiger partial charge in [0.15, 0.2) is 0 Å². The van der Waals surface area contributed by atoms with E-state index in [1.807, 2.05) is 18.2 Å². The molecule has 42 heavy (non-hydrogen) atoms. The Morgan fingerprint density at radius 2 is 2.05 bits per heavy atom. The smallest absolute Gasteiger partial charge is 0.454 e. The number of halogens is 2. The number of ether oxygens (including phenoxy) is 1. The summed E-state index contributed by atoms with van der Waals surface area (Å²) in [6.07, 6.45) is 9.11.